The first-order chi connectivity index (χ1) is 17.0. The van der Waals surface area contributed by atoms with Crippen molar-refractivity contribution < 1.29 is 9.59 Å². The minimum atomic E-state index is -0.470. The van der Waals surface area contributed by atoms with Crippen LogP contribution in [0.4, 0.5) is 11.4 Å². The lowest BCUT2D eigenvalue weighted by atomic mass is 10.1. The van der Waals surface area contributed by atoms with E-state index in [-0.39, 0.29) is 11.8 Å². The van der Waals surface area contributed by atoms with Crippen molar-refractivity contribution in [1.82, 2.24) is 10.2 Å². The Kier molecular flexibility index (Phi) is 8.40. The third kappa shape index (κ3) is 6.84. The molecule has 182 valence electrons. The fraction of sp³-hybridized carbons (Fsp3) is 0.286. The van der Waals surface area contributed by atoms with E-state index in [0.717, 1.165) is 55.1 Å². The Labute approximate surface area is 211 Å². The predicted octanol–water partition coefficient (Wildman–Crippen LogP) is 4.52. The van der Waals surface area contributed by atoms with Gasteiger partial charge in [0.15, 0.2) is 0 Å². The Morgan fingerprint density at radius 3 is 2.17 bits per heavy atom. The number of hydrogen-bond acceptors (Lipinski definition) is 4. The first-order valence-electron chi connectivity index (χ1n) is 11.9. The van der Waals surface area contributed by atoms with E-state index in [4.69, 9.17) is 11.6 Å². The highest BCUT2D eigenvalue weighted by atomic mass is 35.5. The van der Waals surface area contributed by atoms with Gasteiger partial charge in [-0.05, 0) is 53.9 Å². The van der Waals surface area contributed by atoms with Gasteiger partial charge in [0, 0.05) is 56.0 Å². The van der Waals surface area contributed by atoms with Gasteiger partial charge in [-0.15, -0.1) is 0 Å². The highest BCUT2D eigenvalue weighted by Gasteiger charge is 2.21. The van der Waals surface area contributed by atoms with Gasteiger partial charge in [-0.1, -0.05) is 54.1 Å². The summed E-state index contributed by atoms with van der Waals surface area (Å²) < 4.78 is 0. The van der Waals surface area contributed by atoms with Crippen molar-refractivity contribution in [3.63, 3.8) is 0 Å². The summed E-state index contributed by atoms with van der Waals surface area (Å²) in [7, 11) is 0. The Morgan fingerprint density at radius 2 is 1.54 bits per heavy atom. The van der Waals surface area contributed by atoms with Crippen molar-refractivity contribution in [1.29, 1.82) is 0 Å². The van der Waals surface area contributed by atoms with Crippen LogP contribution in [0.5, 0.6) is 0 Å². The summed E-state index contributed by atoms with van der Waals surface area (Å²) in [6.07, 6.45) is 0.791. The van der Waals surface area contributed by atoms with Crippen LogP contribution in [-0.2, 0) is 16.0 Å². The fourth-order valence-electron chi connectivity index (χ4n) is 4.27. The Hall–Kier alpha value is -3.35. The van der Waals surface area contributed by atoms with Crippen LogP contribution < -0.4 is 15.5 Å². The average Bonchev–Trinajstić information content (AvgIpc) is 2.88. The smallest absolute Gasteiger partial charge is 0.246 e. The molecular weight excluding hydrogens is 460 g/mol. The van der Waals surface area contributed by atoms with Gasteiger partial charge in [-0.25, -0.2) is 0 Å². The number of rotatable bonds is 8. The van der Waals surface area contributed by atoms with E-state index >= 15 is 0 Å². The third-order valence-corrected chi connectivity index (χ3v) is 6.55. The van der Waals surface area contributed by atoms with Gasteiger partial charge in [0.2, 0.25) is 11.8 Å². The first-order valence-corrected chi connectivity index (χ1v) is 12.3. The summed E-state index contributed by atoms with van der Waals surface area (Å²) in [5.74, 6) is 0.0209. The van der Waals surface area contributed by atoms with E-state index in [0.29, 0.717) is 11.6 Å². The molecule has 3 aromatic carbocycles. The standard InChI is InChI=1S/C28H31ClN4O2/c1-21(34)32-17-19-33(20-18-32)26-13-11-25(12-14-26)31-28(35)27(23-5-3-2-4-6-23)30-16-15-22-7-9-24(29)10-8-22/h2-14,27,30H,15-20H2,1H3,(H,31,35). The lowest BCUT2D eigenvalue weighted by Gasteiger charge is -2.35. The highest BCUT2D eigenvalue weighted by Crippen LogP contribution is 2.21. The molecule has 2 N–H and O–H groups in total. The Morgan fingerprint density at radius 1 is 0.886 bits per heavy atom. The summed E-state index contributed by atoms with van der Waals surface area (Å²) >= 11 is 5.98. The van der Waals surface area contributed by atoms with Gasteiger partial charge in [-0.3, -0.25) is 9.59 Å². The van der Waals surface area contributed by atoms with Gasteiger partial charge < -0.3 is 20.4 Å². The van der Waals surface area contributed by atoms with Crippen molar-refractivity contribution >= 4 is 34.8 Å². The number of halogens is 1. The number of amides is 2. The third-order valence-electron chi connectivity index (χ3n) is 6.30. The van der Waals surface area contributed by atoms with Crippen molar-refractivity contribution in [2.24, 2.45) is 0 Å². The maximum Gasteiger partial charge on any atom is 0.246 e. The van der Waals surface area contributed by atoms with Crippen molar-refractivity contribution in [2.75, 3.05) is 42.9 Å². The number of nitrogens with one attached hydrogen (secondary N) is 2. The van der Waals surface area contributed by atoms with Crippen LogP contribution in [-0.4, -0.2) is 49.4 Å². The van der Waals surface area contributed by atoms with E-state index in [1.54, 1.807) is 6.92 Å². The molecule has 0 aliphatic carbocycles. The lowest BCUT2D eigenvalue weighted by molar-refractivity contribution is -0.129. The maximum absolute atomic E-state index is 13.2. The normalized spacial score (nSPS) is 14.5. The molecule has 1 fully saturated rings. The monoisotopic (exact) mass is 490 g/mol. The Balaban J connectivity index is 1.37. The van der Waals surface area contributed by atoms with Gasteiger partial charge in [-0.2, -0.15) is 0 Å². The molecule has 7 heteroatoms. The molecule has 2 amide bonds. The Bertz CT molecular complexity index is 1110. The molecule has 3 aromatic rings. The molecule has 1 aliphatic rings. The molecular formula is C28H31ClN4O2. The van der Waals surface area contributed by atoms with E-state index in [2.05, 4.69) is 15.5 Å². The van der Waals surface area contributed by atoms with Gasteiger partial charge >= 0.3 is 0 Å². The van der Waals surface area contributed by atoms with Crippen LogP contribution in [0.1, 0.15) is 24.1 Å². The summed E-state index contributed by atoms with van der Waals surface area (Å²) in [4.78, 5) is 28.9. The van der Waals surface area contributed by atoms with Crippen molar-refractivity contribution in [3.05, 3.63) is 95.0 Å². The second-order valence-corrected chi connectivity index (χ2v) is 9.14. The lowest BCUT2D eigenvalue weighted by Crippen LogP contribution is -2.48. The number of carbonyl (C=O) groups excluding carboxylic acids is 2. The number of anilines is 2. The zero-order valence-electron chi connectivity index (χ0n) is 19.9. The van der Waals surface area contributed by atoms with Crippen LogP contribution in [0.2, 0.25) is 5.02 Å². The van der Waals surface area contributed by atoms with Gasteiger partial charge in [0.05, 0.1) is 0 Å². The van der Waals surface area contributed by atoms with E-state index in [9.17, 15) is 9.59 Å². The molecule has 6 nitrogen and oxygen atoms in total. The van der Waals surface area contributed by atoms with E-state index in [1.165, 1.54) is 0 Å². The average molecular weight is 491 g/mol. The van der Waals surface area contributed by atoms with Crippen LogP contribution in [0.3, 0.4) is 0 Å². The molecule has 1 saturated heterocycles. The zero-order valence-corrected chi connectivity index (χ0v) is 20.7. The second kappa shape index (κ2) is 11.9. The largest absolute Gasteiger partial charge is 0.368 e. The minimum absolute atomic E-state index is 0.102. The molecule has 1 atom stereocenters. The van der Waals surface area contributed by atoms with E-state index in [1.807, 2.05) is 83.8 Å². The topological polar surface area (TPSA) is 64.7 Å². The molecule has 0 aromatic heterocycles. The zero-order chi connectivity index (χ0) is 24.6. The van der Waals surface area contributed by atoms with E-state index < -0.39 is 6.04 Å². The summed E-state index contributed by atoms with van der Waals surface area (Å²) in [5, 5.41) is 7.18. The molecule has 0 radical (unpaired) electrons. The molecule has 0 bridgehead atoms. The number of carbonyl (C=O) groups is 2. The van der Waals surface area contributed by atoms with Crippen LogP contribution in [0.15, 0.2) is 78.9 Å². The van der Waals surface area contributed by atoms with Crippen LogP contribution >= 0.6 is 11.6 Å². The van der Waals surface area contributed by atoms with Gasteiger partial charge in [0.1, 0.15) is 6.04 Å². The minimum Gasteiger partial charge on any atom is -0.368 e. The molecule has 35 heavy (non-hydrogen) atoms. The number of hydrogen-bond donors (Lipinski definition) is 2. The fourth-order valence-corrected chi connectivity index (χ4v) is 4.39. The van der Waals surface area contributed by atoms with Crippen molar-refractivity contribution in [2.45, 2.75) is 19.4 Å². The second-order valence-electron chi connectivity index (χ2n) is 8.70. The van der Waals surface area contributed by atoms with Crippen LogP contribution in [0.25, 0.3) is 0 Å². The molecule has 1 heterocycles. The summed E-state index contributed by atoms with van der Waals surface area (Å²) in [6.45, 7) is 5.34. The molecule has 1 aliphatic heterocycles. The SMILES string of the molecule is CC(=O)N1CCN(c2ccc(NC(=O)C(NCCc3ccc(Cl)cc3)c3ccccc3)cc2)CC1. The predicted molar refractivity (Wildman–Crippen MR) is 142 cm³/mol. The summed E-state index contributed by atoms with van der Waals surface area (Å²) in [5.41, 5.74) is 3.92. The first kappa shape index (κ1) is 24.8. The quantitative estimate of drug-likeness (QED) is 0.487. The van der Waals surface area contributed by atoms with Crippen LogP contribution in [0, 0.1) is 0 Å². The number of benzene rings is 3. The van der Waals surface area contributed by atoms with Gasteiger partial charge in [0.25, 0.3) is 0 Å². The molecule has 0 saturated carbocycles. The molecule has 0 spiro atoms. The summed E-state index contributed by atoms with van der Waals surface area (Å²) in [6, 6.07) is 24.9. The number of piperazine rings is 1. The molecule has 4 rings (SSSR count). The van der Waals surface area contributed by atoms with Crippen molar-refractivity contribution in [3.8, 4) is 0 Å². The maximum atomic E-state index is 13.2. The highest BCUT2D eigenvalue weighted by molar-refractivity contribution is 6.30. The molecule has 1 unspecified atom stereocenters. The number of nitrogens with zero attached hydrogens (tertiary/aromatic N) is 2.